The van der Waals surface area contributed by atoms with E-state index in [0.717, 1.165) is 17.2 Å². The second kappa shape index (κ2) is 14.0. The lowest BCUT2D eigenvalue weighted by Gasteiger charge is -2.21. The molecule has 4 aromatic rings. The molecule has 0 radical (unpaired) electrons. The predicted octanol–water partition coefficient (Wildman–Crippen LogP) is 6.88. The van der Waals surface area contributed by atoms with Gasteiger partial charge in [0.2, 0.25) is 23.7 Å². The highest BCUT2D eigenvalue weighted by molar-refractivity contribution is 7.11. The average Bonchev–Trinajstić information content (AvgIpc) is 3.65. The van der Waals surface area contributed by atoms with E-state index in [1.165, 1.54) is 25.6 Å². The SMILES string of the molecule is COc1nc(N(C)c2nccn2COCC[Si](C)(C)C)nc(OC)c1NC(=O)c1csc(Oc2cc(C(C)(C)C)ccc2C)n1. The van der Waals surface area contributed by atoms with E-state index < -0.39 is 14.0 Å². The lowest BCUT2D eigenvalue weighted by atomic mass is 9.86. The van der Waals surface area contributed by atoms with Gasteiger partial charge in [-0.1, -0.05) is 63.9 Å². The molecule has 0 fully saturated rings. The molecule has 45 heavy (non-hydrogen) atoms. The topological polar surface area (TPSA) is 126 Å². The van der Waals surface area contributed by atoms with Crippen molar-refractivity contribution >= 4 is 42.9 Å². The first kappa shape index (κ1) is 33.9. The molecule has 3 aromatic heterocycles. The molecule has 0 unspecified atom stereocenters. The van der Waals surface area contributed by atoms with Gasteiger partial charge in [-0.3, -0.25) is 14.3 Å². The van der Waals surface area contributed by atoms with Crippen LogP contribution in [0.1, 0.15) is 42.4 Å². The number of amides is 1. The van der Waals surface area contributed by atoms with Crippen molar-refractivity contribution in [2.24, 2.45) is 0 Å². The van der Waals surface area contributed by atoms with Crippen molar-refractivity contribution < 1.29 is 23.7 Å². The molecule has 0 saturated heterocycles. The maximum Gasteiger partial charge on any atom is 0.279 e. The Morgan fingerprint density at radius 3 is 2.40 bits per heavy atom. The zero-order chi connectivity index (χ0) is 32.9. The van der Waals surface area contributed by atoms with Crippen LogP contribution < -0.4 is 24.4 Å². The van der Waals surface area contributed by atoms with Gasteiger partial charge in [0.05, 0.1) is 14.2 Å². The van der Waals surface area contributed by atoms with Crippen molar-refractivity contribution in [1.82, 2.24) is 24.5 Å². The molecule has 0 spiro atoms. The van der Waals surface area contributed by atoms with Crippen LogP contribution >= 0.6 is 11.3 Å². The number of nitrogens with zero attached hydrogens (tertiary/aromatic N) is 6. The van der Waals surface area contributed by atoms with Crippen LogP contribution in [0.25, 0.3) is 0 Å². The molecule has 0 aliphatic rings. The number of imidazole rings is 1. The highest BCUT2D eigenvalue weighted by Crippen LogP contribution is 2.36. The van der Waals surface area contributed by atoms with Gasteiger partial charge in [0, 0.05) is 39.5 Å². The Kier molecular flexibility index (Phi) is 10.5. The van der Waals surface area contributed by atoms with Gasteiger partial charge in [0.1, 0.15) is 18.2 Å². The zero-order valence-corrected chi connectivity index (χ0v) is 29.5. The van der Waals surface area contributed by atoms with Crippen LogP contribution in [0.15, 0.2) is 36.0 Å². The minimum Gasteiger partial charge on any atom is -0.479 e. The molecule has 0 saturated carbocycles. The van der Waals surface area contributed by atoms with Crippen LogP contribution in [0.5, 0.6) is 22.7 Å². The Labute approximate surface area is 269 Å². The number of carbonyl (C=O) groups excluding carboxylic acids is 1. The maximum absolute atomic E-state index is 13.3. The quantitative estimate of drug-likeness (QED) is 0.121. The Morgan fingerprint density at radius 2 is 1.78 bits per heavy atom. The van der Waals surface area contributed by atoms with Gasteiger partial charge < -0.3 is 24.3 Å². The monoisotopic (exact) mass is 653 g/mol. The van der Waals surface area contributed by atoms with Crippen LogP contribution in [-0.4, -0.2) is 66.4 Å². The third-order valence-electron chi connectivity index (χ3n) is 6.94. The molecule has 4 rings (SSSR count). The Balaban J connectivity index is 1.50. The number of hydrogen-bond acceptors (Lipinski definition) is 11. The van der Waals surface area contributed by atoms with E-state index in [9.17, 15) is 4.79 Å². The summed E-state index contributed by atoms with van der Waals surface area (Å²) in [4.78, 5) is 32.9. The average molecular weight is 654 g/mol. The summed E-state index contributed by atoms with van der Waals surface area (Å²) in [5.74, 6) is 1.26. The number of carbonyl (C=O) groups is 1. The van der Waals surface area contributed by atoms with Crippen molar-refractivity contribution in [3.8, 4) is 22.7 Å². The standard InChI is InChI=1S/C31H43N7O5SSi/c1-20-11-12-21(31(2,3)4)17-23(20)43-30-33-22(18-44-30)25(39)34-24-26(40-6)35-28(36-27(24)41-7)37(5)29-32-13-14-38(29)19-42-15-16-45(8,9)10/h11-14,17-18H,15-16,19H2,1-10H3,(H,34,39). The number of anilines is 3. The van der Waals surface area contributed by atoms with Gasteiger partial charge in [-0.2, -0.15) is 15.0 Å². The number of hydrogen-bond donors (Lipinski definition) is 1. The van der Waals surface area contributed by atoms with E-state index in [1.807, 2.05) is 29.8 Å². The molecule has 0 aliphatic carbocycles. The number of methoxy groups -OCH3 is 2. The number of benzene rings is 1. The van der Waals surface area contributed by atoms with Crippen LogP contribution in [0.4, 0.5) is 17.6 Å². The fourth-order valence-corrected chi connectivity index (χ4v) is 5.57. The van der Waals surface area contributed by atoms with Crippen molar-refractivity contribution in [1.29, 1.82) is 0 Å². The largest absolute Gasteiger partial charge is 0.479 e. The van der Waals surface area contributed by atoms with Crippen molar-refractivity contribution in [2.45, 2.75) is 65.5 Å². The lowest BCUT2D eigenvalue weighted by Crippen LogP contribution is -2.23. The third-order valence-corrected chi connectivity index (χ3v) is 9.37. The number of ether oxygens (including phenoxy) is 4. The normalized spacial score (nSPS) is 11.8. The minimum atomic E-state index is -1.20. The van der Waals surface area contributed by atoms with Gasteiger partial charge >= 0.3 is 0 Å². The molecule has 1 N–H and O–H groups in total. The Hall–Kier alpha value is -4.01. The molecule has 0 bridgehead atoms. The van der Waals surface area contributed by atoms with Gasteiger partial charge in [-0.25, -0.2) is 4.98 Å². The second-order valence-electron chi connectivity index (χ2n) is 12.8. The summed E-state index contributed by atoms with van der Waals surface area (Å²) in [6.45, 7) is 16.4. The van der Waals surface area contributed by atoms with Crippen LogP contribution in [0, 0.1) is 6.92 Å². The molecular formula is C31H43N7O5SSi. The first-order valence-corrected chi connectivity index (χ1v) is 19.2. The minimum absolute atomic E-state index is 0.0351. The van der Waals surface area contributed by atoms with Crippen LogP contribution in [0.2, 0.25) is 25.7 Å². The van der Waals surface area contributed by atoms with E-state index in [0.29, 0.717) is 30.2 Å². The highest BCUT2D eigenvalue weighted by atomic mass is 32.1. The van der Waals surface area contributed by atoms with E-state index in [1.54, 1.807) is 23.5 Å². The van der Waals surface area contributed by atoms with E-state index in [4.69, 9.17) is 18.9 Å². The molecule has 0 aliphatic heterocycles. The summed E-state index contributed by atoms with van der Waals surface area (Å²) < 4.78 is 25.0. The van der Waals surface area contributed by atoms with Crippen molar-refractivity contribution in [3.05, 3.63) is 52.8 Å². The fraction of sp³-hybridized carbons (Fsp3) is 0.452. The third kappa shape index (κ3) is 8.58. The molecule has 1 amide bonds. The van der Waals surface area contributed by atoms with E-state index in [-0.39, 0.29) is 34.5 Å². The van der Waals surface area contributed by atoms with Crippen molar-refractivity contribution in [2.75, 3.05) is 38.1 Å². The molecule has 0 atom stereocenters. The zero-order valence-electron chi connectivity index (χ0n) is 27.7. The number of aromatic nitrogens is 5. The predicted molar refractivity (Wildman–Crippen MR) is 180 cm³/mol. The summed E-state index contributed by atoms with van der Waals surface area (Å²) >= 11 is 1.23. The van der Waals surface area contributed by atoms with Crippen LogP contribution in [-0.2, 0) is 16.9 Å². The first-order chi connectivity index (χ1) is 21.2. The summed E-state index contributed by atoms with van der Waals surface area (Å²) in [6, 6.07) is 7.19. The number of thiazole rings is 1. The molecular weight excluding hydrogens is 611 g/mol. The van der Waals surface area contributed by atoms with Gasteiger partial charge in [0.25, 0.3) is 11.1 Å². The Morgan fingerprint density at radius 1 is 1.09 bits per heavy atom. The molecule has 12 nitrogen and oxygen atoms in total. The van der Waals surface area contributed by atoms with E-state index >= 15 is 0 Å². The molecule has 3 heterocycles. The van der Waals surface area contributed by atoms with Crippen LogP contribution in [0.3, 0.4) is 0 Å². The second-order valence-corrected chi connectivity index (χ2v) is 19.2. The van der Waals surface area contributed by atoms with Crippen molar-refractivity contribution in [3.63, 3.8) is 0 Å². The number of aryl methyl sites for hydroxylation is 1. The number of nitrogens with one attached hydrogen (secondary N) is 1. The summed E-state index contributed by atoms with van der Waals surface area (Å²) in [5, 5.41) is 4.77. The smallest absolute Gasteiger partial charge is 0.279 e. The summed E-state index contributed by atoms with van der Waals surface area (Å²) in [6.07, 6.45) is 3.52. The summed E-state index contributed by atoms with van der Waals surface area (Å²) in [5.41, 5.74) is 2.41. The van der Waals surface area contributed by atoms with E-state index in [2.05, 4.69) is 71.7 Å². The Bertz CT molecular complexity index is 1600. The van der Waals surface area contributed by atoms with Gasteiger partial charge in [-0.05, 0) is 35.6 Å². The summed E-state index contributed by atoms with van der Waals surface area (Å²) in [7, 11) is 3.49. The first-order valence-electron chi connectivity index (χ1n) is 14.6. The highest BCUT2D eigenvalue weighted by Gasteiger charge is 2.24. The van der Waals surface area contributed by atoms with Gasteiger partial charge in [-0.15, -0.1) is 0 Å². The maximum atomic E-state index is 13.3. The van der Waals surface area contributed by atoms with Gasteiger partial charge in [0.15, 0.2) is 5.69 Å². The lowest BCUT2D eigenvalue weighted by molar-refractivity contribution is 0.0881. The molecule has 242 valence electrons. The molecule has 14 heteroatoms. The number of rotatable bonds is 13. The fourth-order valence-electron chi connectivity index (χ4n) is 4.15. The molecule has 1 aromatic carbocycles.